The van der Waals surface area contributed by atoms with E-state index in [4.69, 9.17) is 0 Å². The van der Waals surface area contributed by atoms with Gasteiger partial charge in [-0.3, -0.25) is 10.1 Å². The van der Waals surface area contributed by atoms with Gasteiger partial charge in [-0.25, -0.2) is 4.79 Å². The second-order valence-corrected chi connectivity index (χ2v) is 4.51. The minimum absolute atomic E-state index is 0.0100. The standard InChI is InChI=1S/C12H8N2O4S/c15-12(9-4-2-1-3-5-9)18-13-8-10-6-7-11(19-10)14(16)17/h1-8H/b13-8-. The van der Waals surface area contributed by atoms with Crippen molar-refractivity contribution in [3.63, 3.8) is 0 Å². The van der Waals surface area contributed by atoms with Crippen molar-refractivity contribution in [2.45, 2.75) is 0 Å². The third kappa shape index (κ3) is 3.46. The van der Waals surface area contributed by atoms with E-state index in [0.717, 1.165) is 11.3 Å². The molecule has 0 saturated heterocycles. The number of hydrogen-bond donors (Lipinski definition) is 0. The molecule has 0 aliphatic heterocycles. The van der Waals surface area contributed by atoms with Gasteiger partial charge in [0.25, 0.3) is 0 Å². The van der Waals surface area contributed by atoms with Gasteiger partial charge in [0.15, 0.2) is 0 Å². The van der Waals surface area contributed by atoms with Crippen LogP contribution in [0.25, 0.3) is 0 Å². The molecule has 96 valence electrons. The number of hydrogen-bond acceptors (Lipinski definition) is 6. The lowest BCUT2D eigenvalue weighted by atomic mass is 10.2. The second kappa shape index (κ2) is 5.87. The fraction of sp³-hybridized carbons (Fsp3) is 0. The predicted molar refractivity (Wildman–Crippen MR) is 70.4 cm³/mol. The highest BCUT2D eigenvalue weighted by Crippen LogP contribution is 2.22. The Kier molecular flexibility index (Phi) is 3.99. The average Bonchev–Trinajstić information content (AvgIpc) is 2.89. The van der Waals surface area contributed by atoms with Crippen molar-refractivity contribution in [1.82, 2.24) is 0 Å². The lowest BCUT2D eigenvalue weighted by Gasteiger charge is -1.95. The molecule has 19 heavy (non-hydrogen) atoms. The molecule has 0 N–H and O–H groups in total. The molecule has 0 fully saturated rings. The average molecular weight is 276 g/mol. The van der Waals surface area contributed by atoms with E-state index < -0.39 is 10.9 Å². The zero-order valence-electron chi connectivity index (χ0n) is 9.55. The first-order chi connectivity index (χ1) is 9.16. The van der Waals surface area contributed by atoms with Crippen LogP contribution in [0.2, 0.25) is 0 Å². The van der Waals surface area contributed by atoms with Crippen LogP contribution in [0.4, 0.5) is 5.00 Å². The number of nitro groups is 1. The molecule has 6 nitrogen and oxygen atoms in total. The monoisotopic (exact) mass is 276 g/mol. The molecule has 0 bridgehead atoms. The summed E-state index contributed by atoms with van der Waals surface area (Å²) >= 11 is 0.949. The molecule has 1 aromatic carbocycles. The smallest absolute Gasteiger partial charge is 0.313 e. The maximum absolute atomic E-state index is 11.5. The summed E-state index contributed by atoms with van der Waals surface area (Å²) in [5, 5.41) is 14.0. The van der Waals surface area contributed by atoms with E-state index in [1.165, 1.54) is 18.3 Å². The Morgan fingerprint density at radius 3 is 2.63 bits per heavy atom. The molecule has 0 amide bonds. The summed E-state index contributed by atoms with van der Waals surface area (Å²) in [6.07, 6.45) is 1.26. The van der Waals surface area contributed by atoms with Gasteiger partial charge < -0.3 is 4.84 Å². The van der Waals surface area contributed by atoms with Crippen LogP contribution in [-0.4, -0.2) is 17.1 Å². The summed E-state index contributed by atoms with van der Waals surface area (Å²) in [5.41, 5.74) is 0.386. The van der Waals surface area contributed by atoms with Crippen molar-refractivity contribution in [3.8, 4) is 0 Å². The largest absolute Gasteiger partial charge is 0.365 e. The summed E-state index contributed by atoms with van der Waals surface area (Å²) in [6.45, 7) is 0. The molecule has 0 aliphatic rings. The van der Waals surface area contributed by atoms with E-state index in [1.54, 1.807) is 30.3 Å². The number of thiophene rings is 1. The van der Waals surface area contributed by atoms with Crippen molar-refractivity contribution >= 4 is 28.5 Å². The number of rotatable bonds is 4. The van der Waals surface area contributed by atoms with Crippen molar-refractivity contribution in [3.05, 3.63) is 63.0 Å². The fourth-order valence-electron chi connectivity index (χ4n) is 1.26. The van der Waals surface area contributed by atoms with Crippen molar-refractivity contribution in [2.75, 3.05) is 0 Å². The van der Waals surface area contributed by atoms with Crippen LogP contribution >= 0.6 is 11.3 Å². The highest BCUT2D eigenvalue weighted by atomic mass is 32.1. The Bertz CT molecular complexity index is 622. The van der Waals surface area contributed by atoms with Crippen molar-refractivity contribution < 1.29 is 14.6 Å². The van der Waals surface area contributed by atoms with Gasteiger partial charge in [0, 0.05) is 6.07 Å². The van der Waals surface area contributed by atoms with E-state index in [2.05, 4.69) is 9.99 Å². The molecule has 0 aliphatic carbocycles. The Morgan fingerprint density at radius 1 is 1.26 bits per heavy atom. The Morgan fingerprint density at radius 2 is 2.00 bits per heavy atom. The van der Waals surface area contributed by atoms with Gasteiger partial charge in [-0.15, -0.1) is 0 Å². The summed E-state index contributed by atoms with van der Waals surface area (Å²) in [5.74, 6) is -0.581. The molecule has 0 saturated carbocycles. The lowest BCUT2D eigenvalue weighted by molar-refractivity contribution is -0.380. The Balaban J connectivity index is 1.96. The van der Waals surface area contributed by atoms with Crippen LogP contribution in [0.1, 0.15) is 15.2 Å². The first-order valence-electron chi connectivity index (χ1n) is 5.21. The Labute approximate surface area is 112 Å². The molecule has 2 aromatic rings. The molecule has 0 radical (unpaired) electrons. The van der Waals surface area contributed by atoms with Gasteiger partial charge in [0.2, 0.25) is 0 Å². The Hall–Kier alpha value is -2.54. The molecule has 0 atom stereocenters. The zero-order chi connectivity index (χ0) is 13.7. The summed E-state index contributed by atoms with van der Waals surface area (Å²) in [7, 11) is 0. The molecular formula is C12H8N2O4S. The minimum atomic E-state index is -0.581. The first kappa shape index (κ1) is 12.9. The molecule has 7 heteroatoms. The summed E-state index contributed by atoms with van der Waals surface area (Å²) < 4.78 is 0. The van der Waals surface area contributed by atoms with Gasteiger partial charge in [0.05, 0.1) is 21.6 Å². The van der Waals surface area contributed by atoms with Crippen LogP contribution in [0.15, 0.2) is 47.6 Å². The molecule has 0 spiro atoms. The third-order valence-corrected chi connectivity index (χ3v) is 3.09. The van der Waals surface area contributed by atoms with E-state index in [-0.39, 0.29) is 5.00 Å². The number of oxime groups is 1. The molecular weight excluding hydrogens is 268 g/mol. The normalized spacial score (nSPS) is 10.5. The van der Waals surface area contributed by atoms with Gasteiger partial charge in [-0.1, -0.05) is 34.7 Å². The van der Waals surface area contributed by atoms with E-state index >= 15 is 0 Å². The van der Waals surface area contributed by atoms with Crippen LogP contribution in [-0.2, 0) is 4.84 Å². The topological polar surface area (TPSA) is 81.8 Å². The van der Waals surface area contributed by atoms with Crippen LogP contribution < -0.4 is 0 Å². The predicted octanol–water partition coefficient (Wildman–Crippen LogP) is 2.85. The van der Waals surface area contributed by atoms with Gasteiger partial charge in [-0.05, 0) is 18.2 Å². The lowest BCUT2D eigenvalue weighted by Crippen LogP contribution is -2.00. The number of nitrogens with zero attached hydrogens (tertiary/aromatic N) is 2. The van der Waals surface area contributed by atoms with E-state index in [9.17, 15) is 14.9 Å². The quantitative estimate of drug-likeness (QED) is 0.372. The highest BCUT2D eigenvalue weighted by Gasteiger charge is 2.09. The van der Waals surface area contributed by atoms with Gasteiger partial charge in [-0.2, -0.15) is 0 Å². The molecule has 0 unspecified atom stereocenters. The summed E-state index contributed by atoms with van der Waals surface area (Å²) in [4.78, 5) is 26.7. The van der Waals surface area contributed by atoms with Crippen molar-refractivity contribution in [2.24, 2.45) is 5.16 Å². The maximum atomic E-state index is 11.5. The number of benzene rings is 1. The van der Waals surface area contributed by atoms with E-state index in [0.29, 0.717) is 10.4 Å². The van der Waals surface area contributed by atoms with Crippen LogP contribution in [0, 0.1) is 10.1 Å². The zero-order valence-corrected chi connectivity index (χ0v) is 10.4. The van der Waals surface area contributed by atoms with Crippen LogP contribution in [0.5, 0.6) is 0 Å². The van der Waals surface area contributed by atoms with Crippen LogP contribution in [0.3, 0.4) is 0 Å². The SMILES string of the molecule is O=C(O/N=C\c1ccc([N+](=O)[O-])s1)c1ccccc1. The van der Waals surface area contributed by atoms with Crippen molar-refractivity contribution in [1.29, 1.82) is 0 Å². The maximum Gasteiger partial charge on any atom is 0.365 e. The second-order valence-electron chi connectivity index (χ2n) is 3.41. The van der Waals surface area contributed by atoms with Gasteiger partial charge in [0.1, 0.15) is 0 Å². The minimum Gasteiger partial charge on any atom is -0.313 e. The molecule has 2 rings (SSSR count). The fourth-order valence-corrected chi connectivity index (χ4v) is 1.95. The molecule has 1 heterocycles. The third-order valence-electron chi connectivity index (χ3n) is 2.12. The summed E-state index contributed by atoms with van der Waals surface area (Å²) in [6, 6.07) is 11.3. The molecule has 1 aromatic heterocycles. The number of carbonyl (C=O) groups excluding carboxylic acids is 1. The van der Waals surface area contributed by atoms with E-state index in [1.807, 2.05) is 0 Å². The first-order valence-corrected chi connectivity index (χ1v) is 6.02. The highest BCUT2D eigenvalue weighted by molar-refractivity contribution is 7.16. The van der Waals surface area contributed by atoms with Gasteiger partial charge >= 0.3 is 11.0 Å². The number of carbonyl (C=O) groups is 1.